The summed E-state index contributed by atoms with van der Waals surface area (Å²) in [5.41, 5.74) is 0. The number of carbonyl (C=O) groups excluding carboxylic acids is 1. The van der Waals surface area contributed by atoms with Crippen LogP contribution in [0.25, 0.3) is 0 Å². The van der Waals surface area contributed by atoms with E-state index in [1.165, 1.54) is 116 Å². The highest BCUT2D eigenvalue weighted by atomic mass is 16.3. The number of nitrogens with one attached hydrogen (secondary N) is 1. The number of allylic oxidation sites excluding steroid dienone is 19. The molecule has 2 unspecified atom stereocenters. The number of rotatable bonds is 47. The van der Waals surface area contributed by atoms with Crippen LogP contribution in [0, 0.1) is 0 Å². The van der Waals surface area contributed by atoms with E-state index < -0.39 is 12.1 Å². The maximum absolute atomic E-state index is 12.4. The van der Waals surface area contributed by atoms with Gasteiger partial charge in [0, 0.05) is 6.42 Å². The fourth-order valence-electron chi connectivity index (χ4n) is 7.41. The summed E-state index contributed by atoms with van der Waals surface area (Å²) in [5.74, 6) is -0.0798. The minimum absolute atomic E-state index is 0.0798. The van der Waals surface area contributed by atoms with Crippen molar-refractivity contribution in [1.29, 1.82) is 0 Å². The summed E-state index contributed by atoms with van der Waals surface area (Å²) in [6.45, 7) is 4.19. The first-order valence-corrected chi connectivity index (χ1v) is 26.7. The highest BCUT2D eigenvalue weighted by molar-refractivity contribution is 5.76. The van der Waals surface area contributed by atoms with Gasteiger partial charge in [-0.05, 0) is 89.9 Å². The Labute approximate surface area is 397 Å². The normalized spacial score (nSPS) is 13.9. The maximum Gasteiger partial charge on any atom is 0.220 e. The van der Waals surface area contributed by atoms with Crippen LogP contribution in [0.5, 0.6) is 0 Å². The lowest BCUT2D eigenvalue weighted by molar-refractivity contribution is -0.123. The first kappa shape index (κ1) is 60.8. The van der Waals surface area contributed by atoms with Gasteiger partial charge in [-0.3, -0.25) is 4.79 Å². The van der Waals surface area contributed by atoms with Gasteiger partial charge in [0.15, 0.2) is 0 Å². The highest BCUT2D eigenvalue weighted by Gasteiger charge is 2.18. The van der Waals surface area contributed by atoms with Gasteiger partial charge in [-0.25, -0.2) is 0 Å². The predicted octanol–water partition coefficient (Wildman–Crippen LogP) is 17.7. The van der Waals surface area contributed by atoms with Crippen molar-refractivity contribution in [2.24, 2.45) is 0 Å². The van der Waals surface area contributed by atoms with Crippen LogP contribution in [0.4, 0.5) is 0 Å². The van der Waals surface area contributed by atoms with Crippen molar-refractivity contribution < 1.29 is 15.0 Å². The minimum Gasteiger partial charge on any atom is -0.394 e. The number of carbonyl (C=O) groups is 1. The van der Waals surface area contributed by atoms with Gasteiger partial charge < -0.3 is 15.5 Å². The SMILES string of the molecule is CC/C=C\C/C=C\C/C=C\C/C=C\C/C=C\C/C=C\C/C=C\C/C=C\C/C=C\CCCCCCCCCC(=O)NC(CO)C(O)/C=C/CCCCCCCCCCCCCCCCC. The van der Waals surface area contributed by atoms with Gasteiger partial charge in [-0.2, -0.15) is 0 Å². The molecule has 0 fully saturated rings. The molecule has 0 spiro atoms. The minimum atomic E-state index is -0.852. The molecule has 4 nitrogen and oxygen atoms in total. The van der Waals surface area contributed by atoms with Crippen molar-refractivity contribution in [3.63, 3.8) is 0 Å². The summed E-state index contributed by atoms with van der Waals surface area (Å²) >= 11 is 0. The third kappa shape index (κ3) is 49.8. The van der Waals surface area contributed by atoms with Crippen LogP contribution in [0.1, 0.15) is 232 Å². The van der Waals surface area contributed by atoms with Crippen LogP contribution in [-0.2, 0) is 4.79 Å². The molecule has 1 amide bonds. The average molecular weight is 884 g/mol. The van der Waals surface area contributed by atoms with Crippen molar-refractivity contribution in [3.05, 3.63) is 122 Å². The Morgan fingerprint density at radius 1 is 0.391 bits per heavy atom. The summed E-state index contributed by atoms with van der Waals surface area (Å²) in [7, 11) is 0. The van der Waals surface area contributed by atoms with Gasteiger partial charge >= 0.3 is 0 Å². The Morgan fingerprint density at radius 2 is 0.688 bits per heavy atom. The predicted molar refractivity (Wildman–Crippen MR) is 285 cm³/mol. The molecule has 0 aromatic rings. The third-order valence-corrected chi connectivity index (χ3v) is 11.5. The van der Waals surface area contributed by atoms with Crippen molar-refractivity contribution in [3.8, 4) is 0 Å². The monoisotopic (exact) mass is 884 g/mol. The van der Waals surface area contributed by atoms with Crippen LogP contribution < -0.4 is 5.32 Å². The molecule has 64 heavy (non-hydrogen) atoms. The first-order valence-electron chi connectivity index (χ1n) is 26.7. The Bertz CT molecular complexity index is 1280. The Hall–Kier alpha value is -3.21. The maximum atomic E-state index is 12.4. The average Bonchev–Trinajstić information content (AvgIpc) is 3.30. The van der Waals surface area contributed by atoms with Crippen LogP contribution >= 0.6 is 0 Å². The molecule has 0 aromatic carbocycles. The largest absolute Gasteiger partial charge is 0.394 e. The summed E-state index contributed by atoms with van der Waals surface area (Å²) in [4.78, 5) is 12.4. The number of amides is 1. The molecule has 3 N–H and O–H groups in total. The molecular formula is C60H101NO3. The standard InChI is InChI=1S/C60H101NO3/c1-3-5-7-9-11-13-15-17-19-21-22-23-24-25-26-27-28-29-30-31-32-33-34-35-36-37-38-40-42-44-46-48-50-52-54-56-60(64)61-58(57-62)59(63)55-53-51-49-47-45-43-41-39-20-18-16-14-12-10-8-6-4-2/h5,7,11,13,17,19,22-23,25-26,28-29,31-32,34-35,37-38,53,55,58-59,62-63H,3-4,6,8-10,12,14-16,18,20-21,24,27,30,33,36,39-52,54,56-57H2,1-2H3,(H,61,64)/b7-5-,13-11-,19-17-,23-22-,26-25-,29-28-,32-31-,35-34-,38-37-,55-53+. The lowest BCUT2D eigenvalue weighted by Gasteiger charge is -2.20. The number of unbranched alkanes of at least 4 members (excludes halogenated alkanes) is 22. The molecule has 0 saturated heterocycles. The van der Waals surface area contributed by atoms with Gasteiger partial charge in [0.2, 0.25) is 5.91 Å². The smallest absolute Gasteiger partial charge is 0.220 e. The van der Waals surface area contributed by atoms with Crippen LogP contribution in [-0.4, -0.2) is 34.9 Å². The molecule has 0 heterocycles. The molecule has 0 aliphatic carbocycles. The van der Waals surface area contributed by atoms with Crippen LogP contribution in [0.2, 0.25) is 0 Å². The van der Waals surface area contributed by atoms with Gasteiger partial charge in [-0.1, -0.05) is 257 Å². The van der Waals surface area contributed by atoms with E-state index in [4.69, 9.17) is 0 Å². The molecule has 0 rings (SSSR count). The molecule has 364 valence electrons. The fourth-order valence-corrected chi connectivity index (χ4v) is 7.41. The number of hydrogen-bond acceptors (Lipinski definition) is 3. The molecule has 0 radical (unpaired) electrons. The van der Waals surface area contributed by atoms with Crippen molar-refractivity contribution in [2.75, 3.05) is 6.61 Å². The van der Waals surface area contributed by atoms with E-state index in [2.05, 4.69) is 129 Å². The molecule has 0 saturated carbocycles. The van der Waals surface area contributed by atoms with E-state index >= 15 is 0 Å². The zero-order valence-electron chi connectivity index (χ0n) is 41.8. The fraction of sp³-hybridized carbons (Fsp3) is 0.650. The highest BCUT2D eigenvalue weighted by Crippen LogP contribution is 2.15. The van der Waals surface area contributed by atoms with Gasteiger partial charge in [0.1, 0.15) is 0 Å². The van der Waals surface area contributed by atoms with Gasteiger partial charge in [0.05, 0.1) is 18.8 Å². The van der Waals surface area contributed by atoms with Crippen molar-refractivity contribution in [2.45, 2.75) is 244 Å². The second kappa shape index (κ2) is 54.1. The lowest BCUT2D eigenvalue weighted by Crippen LogP contribution is -2.45. The molecule has 0 bridgehead atoms. The lowest BCUT2D eigenvalue weighted by atomic mass is 10.0. The summed E-state index contributed by atoms with van der Waals surface area (Å²) in [5, 5.41) is 23.1. The van der Waals surface area contributed by atoms with E-state index in [1.807, 2.05) is 6.08 Å². The Kier molecular flexibility index (Phi) is 51.4. The Morgan fingerprint density at radius 3 is 1.03 bits per heavy atom. The zero-order valence-corrected chi connectivity index (χ0v) is 41.8. The van der Waals surface area contributed by atoms with Crippen molar-refractivity contribution >= 4 is 5.91 Å². The van der Waals surface area contributed by atoms with Crippen LogP contribution in [0.15, 0.2) is 122 Å². The molecular weight excluding hydrogens is 783 g/mol. The molecule has 2 atom stereocenters. The zero-order chi connectivity index (χ0) is 46.3. The van der Waals surface area contributed by atoms with Gasteiger partial charge in [0.25, 0.3) is 0 Å². The summed E-state index contributed by atoms with van der Waals surface area (Å²) in [6, 6.07) is -0.637. The van der Waals surface area contributed by atoms with E-state index in [1.54, 1.807) is 6.08 Å². The molecule has 0 aromatic heterocycles. The number of hydrogen-bond donors (Lipinski definition) is 3. The third-order valence-electron chi connectivity index (χ3n) is 11.5. The summed E-state index contributed by atoms with van der Waals surface area (Å²) < 4.78 is 0. The second-order valence-electron chi connectivity index (χ2n) is 17.6. The number of aliphatic hydroxyl groups excluding tert-OH is 2. The van der Waals surface area contributed by atoms with E-state index in [-0.39, 0.29) is 12.5 Å². The topological polar surface area (TPSA) is 69.6 Å². The molecule has 4 heteroatoms. The van der Waals surface area contributed by atoms with E-state index in [0.717, 1.165) is 96.3 Å². The molecule has 0 aliphatic rings. The van der Waals surface area contributed by atoms with Crippen molar-refractivity contribution in [1.82, 2.24) is 5.32 Å². The second-order valence-corrected chi connectivity index (χ2v) is 17.6. The molecule has 0 aliphatic heterocycles. The van der Waals surface area contributed by atoms with Gasteiger partial charge in [-0.15, -0.1) is 0 Å². The van der Waals surface area contributed by atoms with Crippen LogP contribution in [0.3, 0.4) is 0 Å². The summed E-state index contributed by atoms with van der Waals surface area (Å²) in [6.07, 6.45) is 83.3. The van der Waals surface area contributed by atoms with E-state index in [0.29, 0.717) is 6.42 Å². The first-order chi connectivity index (χ1) is 31.7. The quantitative estimate of drug-likeness (QED) is 0.0421. The van der Waals surface area contributed by atoms with E-state index in [9.17, 15) is 15.0 Å². The Balaban J connectivity index is 3.65. The number of aliphatic hydroxyl groups is 2.